The SMILES string of the molecule is C/C=C\n1cncnc1=N. The topological polar surface area (TPSA) is 54.6 Å². The first kappa shape index (κ1) is 6.67. The highest BCUT2D eigenvalue weighted by Crippen LogP contribution is 1.75. The van der Waals surface area contributed by atoms with E-state index in [0.717, 1.165) is 0 Å². The molecule has 1 heterocycles. The zero-order valence-corrected chi connectivity index (χ0v) is 5.65. The molecule has 0 aliphatic heterocycles. The summed E-state index contributed by atoms with van der Waals surface area (Å²) in [6, 6.07) is 0. The lowest BCUT2D eigenvalue weighted by molar-refractivity contribution is 0.834. The average Bonchev–Trinajstić information content (AvgIpc) is 1.94. The van der Waals surface area contributed by atoms with Crippen LogP contribution in [0.1, 0.15) is 6.92 Å². The van der Waals surface area contributed by atoms with E-state index in [0.29, 0.717) is 0 Å². The van der Waals surface area contributed by atoms with Gasteiger partial charge in [-0.05, 0) is 6.92 Å². The molecule has 52 valence electrons. The summed E-state index contributed by atoms with van der Waals surface area (Å²) in [4.78, 5) is 7.41. The zero-order chi connectivity index (χ0) is 7.40. The van der Waals surface area contributed by atoms with Gasteiger partial charge in [-0.15, -0.1) is 0 Å². The lowest BCUT2D eigenvalue weighted by Crippen LogP contribution is -2.18. The summed E-state index contributed by atoms with van der Waals surface area (Å²) in [6.45, 7) is 1.87. The highest BCUT2D eigenvalue weighted by atomic mass is 15.1. The van der Waals surface area contributed by atoms with Crippen molar-refractivity contribution in [2.45, 2.75) is 6.92 Å². The molecule has 0 saturated carbocycles. The molecule has 0 aliphatic rings. The van der Waals surface area contributed by atoms with E-state index in [1.165, 1.54) is 17.2 Å². The van der Waals surface area contributed by atoms with Gasteiger partial charge >= 0.3 is 0 Å². The number of rotatable bonds is 1. The summed E-state index contributed by atoms with van der Waals surface area (Å²) in [6.07, 6.45) is 6.43. The van der Waals surface area contributed by atoms with Crippen LogP contribution in [-0.2, 0) is 0 Å². The van der Waals surface area contributed by atoms with Crippen LogP contribution in [0.3, 0.4) is 0 Å². The predicted octanol–water partition coefficient (Wildman–Crippen LogP) is 0.248. The Morgan fingerprint density at radius 1 is 1.70 bits per heavy atom. The Hall–Kier alpha value is -1.45. The van der Waals surface area contributed by atoms with Crippen LogP contribution in [-0.4, -0.2) is 14.5 Å². The third kappa shape index (κ3) is 1.28. The summed E-state index contributed by atoms with van der Waals surface area (Å²) >= 11 is 0. The van der Waals surface area contributed by atoms with E-state index in [-0.39, 0.29) is 5.62 Å². The van der Waals surface area contributed by atoms with E-state index in [1.54, 1.807) is 6.20 Å². The van der Waals surface area contributed by atoms with Crippen LogP contribution in [0.4, 0.5) is 0 Å². The van der Waals surface area contributed by atoms with Crippen LogP contribution in [0.5, 0.6) is 0 Å². The molecule has 0 atom stereocenters. The Morgan fingerprint density at radius 2 is 2.50 bits per heavy atom. The molecule has 1 rings (SSSR count). The Kier molecular flexibility index (Phi) is 1.94. The molecule has 0 aromatic carbocycles. The molecule has 1 N–H and O–H groups in total. The van der Waals surface area contributed by atoms with Crippen molar-refractivity contribution in [1.29, 1.82) is 5.41 Å². The lowest BCUT2D eigenvalue weighted by atomic mass is 10.7. The highest BCUT2D eigenvalue weighted by molar-refractivity contribution is 5.17. The van der Waals surface area contributed by atoms with Crippen LogP contribution in [0.25, 0.3) is 6.20 Å². The van der Waals surface area contributed by atoms with Gasteiger partial charge in [-0.3, -0.25) is 9.98 Å². The molecule has 1 aromatic rings. The summed E-state index contributed by atoms with van der Waals surface area (Å²) in [5.74, 6) is 0. The fraction of sp³-hybridized carbons (Fsp3) is 0.167. The fourth-order valence-corrected chi connectivity index (χ4v) is 0.581. The maximum absolute atomic E-state index is 7.23. The first-order valence-electron chi connectivity index (χ1n) is 2.90. The van der Waals surface area contributed by atoms with Gasteiger partial charge in [0, 0.05) is 6.20 Å². The normalized spacial score (nSPS) is 10.5. The van der Waals surface area contributed by atoms with Gasteiger partial charge in [-0.25, -0.2) is 9.97 Å². The summed E-state index contributed by atoms with van der Waals surface area (Å²) in [5.41, 5.74) is 0.188. The minimum absolute atomic E-state index is 0.188. The Balaban J connectivity index is 3.16. The van der Waals surface area contributed by atoms with Crippen molar-refractivity contribution >= 4 is 6.20 Å². The molecule has 0 radical (unpaired) electrons. The van der Waals surface area contributed by atoms with Crippen molar-refractivity contribution in [3.63, 3.8) is 0 Å². The predicted molar refractivity (Wildman–Crippen MR) is 36.9 cm³/mol. The van der Waals surface area contributed by atoms with E-state index in [9.17, 15) is 0 Å². The van der Waals surface area contributed by atoms with Crippen LogP contribution >= 0.6 is 0 Å². The maximum atomic E-state index is 7.23. The van der Waals surface area contributed by atoms with Crippen LogP contribution in [0.2, 0.25) is 0 Å². The van der Waals surface area contributed by atoms with Crippen molar-refractivity contribution in [1.82, 2.24) is 14.5 Å². The van der Waals surface area contributed by atoms with Gasteiger partial charge in [0.2, 0.25) is 5.62 Å². The second-order valence-corrected chi connectivity index (χ2v) is 1.72. The molecule has 0 unspecified atom stereocenters. The minimum Gasteiger partial charge on any atom is -0.277 e. The van der Waals surface area contributed by atoms with Gasteiger partial charge in [0.25, 0.3) is 0 Å². The number of aromatic nitrogens is 3. The zero-order valence-electron chi connectivity index (χ0n) is 5.65. The van der Waals surface area contributed by atoms with Crippen LogP contribution in [0, 0.1) is 5.41 Å². The molecule has 1 aromatic heterocycles. The molecule has 0 aliphatic carbocycles. The van der Waals surface area contributed by atoms with Crippen LogP contribution < -0.4 is 5.62 Å². The number of nitrogens with zero attached hydrogens (tertiary/aromatic N) is 3. The molecular weight excluding hydrogens is 128 g/mol. The van der Waals surface area contributed by atoms with E-state index in [2.05, 4.69) is 9.97 Å². The van der Waals surface area contributed by atoms with E-state index in [1.807, 2.05) is 13.0 Å². The molecule has 4 heteroatoms. The second kappa shape index (κ2) is 2.91. The highest BCUT2D eigenvalue weighted by Gasteiger charge is 1.82. The third-order valence-corrected chi connectivity index (χ3v) is 0.992. The van der Waals surface area contributed by atoms with Crippen molar-refractivity contribution in [2.75, 3.05) is 0 Å². The summed E-state index contributed by atoms with van der Waals surface area (Å²) in [5, 5.41) is 7.23. The molecule has 0 bridgehead atoms. The Bertz CT molecular complexity index is 286. The summed E-state index contributed by atoms with van der Waals surface area (Å²) < 4.78 is 1.53. The second-order valence-electron chi connectivity index (χ2n) is 1.72. The van der Waals surface area contributed by atoms with Gasteiger partial charge in [-0.1, -0.05) is 6.08 Å². The van der Waals surface area contributed by atoms with Gasteiger partial charge in [0.1, 0.15) is 12.7 Å². The first-order chi connectivity index (χ1) is 4.84. The van der Waals surface area contributed by atoms with Crippen molar-refractivity contribution in [3.8, 4) is 0 Å². The first-order valence-corrected chi connectivity index (χ1v) is 2.90. The number of nitrogens with one attached hydrogen (secondary N) is 1. The minimum atomic E-state index is 0.188. The average molecular weight is 136 g/mol. The number of hydrogen-bond donors (Lipinski definition) is 1. The fourth-order valence-electron chi connectivity index (χ4n) is 0.581. The monoisotopic (exact) mass is 136 g/mol. The lowest BCUT2D eigenvalue weighted by Gasteiger charge is -1.93. The third-order valence-electron chi connectivity index (χ3n) is 0.992. The van der Waals surface area contributed by atoms with Gasteiger partial charge in [0.15, 0.2) is 0 Å². The maximum Gasteiger partial charge on any atom is 0.228 e. The van der Waals surface area contributed by atoms with Gasteiger partial charge < -0.3 is 0 Å². The quantitative estimate of drug-likeness (QED) is 0.601. The molecule has 0 saturated heterocycles. The van der Waals surface area contributed by atoms with Crippen LogP contribution in [0.15, 0.2) is 18.7 Å². The molecule has 4 nitrogen and oxygen atoms in total. The number of allylic oxidation sites excluding steroid dienone is 1. The Morgan fingerprint density at radius 3 is 3.10 bits per heavy atom. The number of hydrogen-bond acceptors (Lipinski definition) is 3. The van der Waals surface area contributed by atoms with E-state index in [4.69, 9.17) is 5.41 Å². The smallest absolute Gasteiger partial charge is 0.228 e. The Labute approximate surface area is 58.4 Å². The standard InChI is InChI=1S/C6H8N4/c1-2-3-10-5-8-4-9-6(10)7/h2-5,7H,1H3/b3-2-,7-6?. The molecule has 10 heavy (non-hydrogen) atoms. The van der Waals surface area contributed by atoms with Crippen molar-refractivity contribution in [2.24, 2.45) is 0 Å². The van der Waals surface area contributed by atoms with Gasteiger partial charge in [-0.2, -0.15) is 0 Å². The van der Waals surface area contributed by atoms with Crippen molar-refractivity contribution < 1.29 is 0 Å². The van der Waals surface area contributed by atoms with Crippen molar-refractivity contribution in [3.05, 3.63) is 24.3 Å². The van der Waals surface area contributed by atoms with Gasteiger partial charge in [0.05, 0.1) is 0 Å². The molecule has 0 fully saturated rings. The van der Waals surface area contributed by atoms with E-state index < -0.39 is 0 Å². The molecular formula is C6H8N4. The molecule has 0 amide bonds. The molecule has 0 spiro atoms. The van der Waals surface area contributed by atoms with E-state index >= 15 is 0 Å². The largest absolute Gasteiger partial charge is 0.277 e. The summed E-state index contributed by atoms with van der Waals surface area (Å²) in [7, 11) is 0.